The molecule has 2 aliphatic rings. The molecule has 0 aromatic heterocycles. The van der Waals surface area contributed by atoms with Crippen molar-refractivity contribution in [2.24, 2.45) is 27.3 Å². The summed E-state index contributed by atoms with van der Waals surface area (Å²) in [5.41, 5.74) is 15.7. The van der Waals surface area contributed by atoms with Crippen LogP contribution in [-0.2, 0) is 10.0 Å². The number of primary sulfonamides is 1. The molecule has 0 saturated heterocycles. The Morgan fingerprint density at radius 3 is 1.78 bits per heavy atom. The molecule has 0 heterocycles. The molecular weight excluding hydrogens is 282 g/mol. The van der Waals surface area contributed by atoms with E-state index < -0.39 is 16.1 Å². The molecule has 0 bridgehead atoms. The van der Waals surface area contributed by atoms with Gasteiger partial charge >= 0.3 is 6.03 Å². The molecule has 8 N–H and O–H groups in total. The fourth-order valence-corrected chi connectivity index (χ4v) is 1.90. The second kappa shape index (κ2) is 5.67. The first-order valence-electron chi connectivity index (χ1n) is 4.28. The Morgan fingerprint density at radius 1 is 1.17 bits per heavy atom. The molecule has 0 spiro atoms. The maximum absolute atomic E-state index is 10.6. The average Bonchev–Trinajstić information content (AvgIpc) is 2.06. The second-order valence-corrected chi connectivity index (χ2v) is 4.66. The lowest BCUT2D eigenvalue weighted by Crippen LogP contribution is -2.25. The summed E-state index contributed by atoms with van der Waals surface area (Å²) in [6.45, 7) is 0. The predicted octanol–water partition coefficient (Wildman–Crippen LogP) is -0.925. The van der Waals surface area contributed by atoms with E-state index in [0.29, 0.717) is 0 Å². The highest BCUT2D eigenvalue weighted by Gasteiger charge is 2.23. The number of rotatable bonds is 1. The highest BCUT2D eigenvalue weighted by Crippen LogP contribution is 2.38. The van der Waals surface area contributed by atoms with Crippen LogP contribution in [0.2, 0.25) is 0 Å². The third-order valence-corrected chi connectivity index (χ3v) is 2.79. The molecule has 100 valence electrons. The molecule has 2 aliphatic carbocycles. The van der Waals surface area contributed by atoms with Gasteiger partial charge in [-0.1, -0.05) is 12.1 Å². The van der Waals surface area contributed by atoms with Crippen molar-refractivity contribution in [3.8, 4) is 11.1 Å². The van der Waals surface area contributed by atoms with Crippen LogP contribution >= 0.6 is 12.4 Å². The zero-order valence-corrected chi connectivity index (χ0v) is 10.7. The van der Waals surface area contributed by atoms with Gasteiger partial charge in [0.05, 0.1) is 4.90 Å². The summed E-state index contributed by atoms with van der Waals surface area (Å²) in [4.78, 5) is 12.8. The molecule has 10 heteroatoms. The molecule has 0 aliphatic heterocycles. The van der Waals surface area contributed by atoms with E-state index in [1.807, 2.05) is 6.07 Å². The maximum Gasteiger partial charge on any atom is 0.341 e. The van der Waals surface area contributed by atoms with Crippen LogP contribution < -0.4 is 22.3 Å². The number of guanidine groups is 1. The average molecular weight is 294 g/mol. The van der Waals surface area contributed by atoms with Gasteiger partial charge in [0.1, 0.15) is 0 Å². The molecule has 0 radical (unpaired) electrons. The number of hydrogen-bond donors (Lipinski definition) is 4. The molecule has 8 nitrogen and oxygen atoms in total. The van der Waals surface area contributed by atoms with Crippen LogP contribution in [0.3, 0.4) is 0 Å². The van der Waals surface area contributed by atoms with Gasteiger partial charge in [0, 0.05) is 5.56 Å². The Hall–Kier alpha value is -1.84. The lowest BCUT2D eigenvalue weighted by Gasteiger charge is -2.18. The first-order valence-corrected chi connectivity index (χ1v) is 5.82. The Balaban J connectivity index is 0.000000326. The van der Waals surface area contributed by atoms with Gasteiger partial charge in [-0.3, -0.25) is 0 Å². The van der Waals surface area contributed by atoms with E-state index in [2.05, 4.69) is 10.7 Å². The Kier molecular flexibility index (Phi) is 5.09. The normalized spacial score (nSPS) is 10.3. The zero-order chi connectivity index (χ0) is 13.2. The minimum atomic E-state index is -3.44. The van der Waals surface area contributed by atoms with Crippen LogP contribution in [0, 0.1) is 0 Å². The summed E-state index contributed by atoms with van der Waals surface area (Å²) in [7, 11) is -3.44. The van der Waals surface area contributed by atoms with E-state index in [0.717, 1.165) is 11.1 Å². The summed E-state index contributed by atoms with van der Waals surface area (Å²) in [5, 5.41) is 4.86. The van der Waals surface area contributed by atoms with Crippen molar-refractivity contribution >= 4 is 34.4 Å². The topological polar surface area (TPSA) is 168 Å². The summed E-state index contributed by atoms with van der Waals surface area (Å²) in [5.74, 6) is -0.312. The summed E-state index contributed by atoms with van der Waals surface area (Å²) < 4.78 is 21.3. The molecule has 18 heavy (non-hydrogen) atoms. The standard InChI is InChI=1S/C6H5NO2S.C2H6N4O.ClH/c7-10(8,9)6-3-4-1-2-5(4)6;3-1(4)6-2(5)7;/h1-3H,(H2,7,8,9);(H6,3,4,5,6,7);1H. The summed E-state index contributed by atoms with van der Waals surface area (Å²) in [6.07, 6.45) is 0. The van der Waals surface area contributed by atoms with Crippen LogP contribution in [0.15, 0.2) is 28.1 Å². The Labute approximate surface area is 109 Å². The molecule has 0 aromatic carbocycles. The van der Waals surface area contributed by atoms with Crippen molar-refractivity contribution in [3.63, 3.8) is 0 Å². The molecule has 0 atom stereocenters. The Morgan fingerprint density at radius 2 is 1.72 bits per heavy atom. The number of benzene rings is 1. The molecule has 0 aromatic rings. The third kappa shape index (κ3) is 3.87. The highest BCUT2D eigenvalue weighted by atomic mass is 35.5. The van der Waals surface area contributed by atoms with Crippen LogP contribution in [0.5, 0.6) is 0 Å². The number of nitrogens with two attached hydrogens (primary N) is 4. The van der Waals surface area contributed by atoms with Crippen molar-refractivity contribution < 1.29 is 13.2 Å². The smallest absolute Gasteiger partial charge is 0.341 e. The molecular formula is C8H12ClN5O3S. The molecule has 0 fully saturated rings. The van der Waals surface area contributed by atoms with E-state index in [1.165, 1.54) is 0 Å². The zero-order valence-electron chi connectivity index (χ0n) is 9.03. The maximum atomic E-state index is 10.6. The van der Waals surface area contributed by atoms with Gasteiger partial charge in [-0.15, -0.1) is 12.4 Å². The SMILES string of the molecule is Cl.NC(=O)N=C(N)N.NS(=O)(=O)c1cc2ccc1-2. The van der Waals surface area contributed by atoms with Gasteiger partial charge in [-0.05, 0) is 11.6 Å². The number of hydrogen-bond acceptors (Lipinski definition) is 3. The number of halogens is 1. The van der Waals surface area contributed by atoms with Gasteiger partial charge in [0.25, 0.3) is 0 Å². The quantitative estimate of drug-likeness (QED) is 0.393. The van der Waals surface area contributed by atoms with E-state index in [-0.39, 0.29) is 23.3 Å². The molecule has 2 amide bonds. The third-order valence-electron chi connectivity index (χ3n) is 1.84. The van der Waals surface area contributed by atoms with Gasteiger partial charge in [-0.25, -0.2) is 18.4 Å². The van der Waals surface area contributed by atoms with Crippen molar-refractivity contribution in [1.29, 1.82) is 0 Å². The lowest BCUT2D eigenvalue weighted by molar-refractivity contribution is 0.256. The number of primary amides is 1. The minimum Gasteiger partial charge on any atom is -0.370 e. The van der Waals surface area contributed by atoms with E-state index in [4.69, 9.17) is 16.6 Å². The molecule has 2 rings (SSSR count). The summed E-state index contributed by atoms with van der Waals surface area (Å²) in [6, 6.07) is 4.30. The van der Waals surface area contributed by atoms with E-state index in [1.54, 1.807) is 12.1 Å². The number of sulfonamides is 1. The largest absolute Gasteiger partial charge is 0.370 e. The number of amides is 2. The number of fused-ring (bicyclic) bond motifs is 1. The fraction of sp³-hybridized carbons (Fsp3) is 0. The van der Waals surface area contributed by atoms with Crippen molar-refractivity contribution in [2.75, 3.05) is 0 Å². The number of nitrogens with zero attached hydrogens (tertiary/aromatic N) is 1. The monoisotopic (exact) mass is 293 g/mol. The first kappa shape index (κ1) is 16.2. The van der Waals surface area contributed by atoms with Gasteiger partial charge in [0.2, 0.25) is 10.0 Å². The highest BCUT2D eigenvalue weighted by molar-refractivity contribution is 7.89. The second-order valence-electron chi connectivity index (χ2n) is 3.13. The summed E-state index contributed by atoms with van der Waals surface area (Å²) >= 11 is 0. The minimum absolute atomic E-state index is 0. The van der Waals surface area contributed by atoms with E-state index in [9.17, 15) is 13.2 Å². The van der Waals surface area contributed by atoms with Crippen LogP contribution in [0.25, 0.3) is 11.1 Å². The van der Waals surface area contributed by atoms with E-state index >= 15 is 0 Å². The van der Waals surface area contributed by atoms with Crippen molar-refractivity contribution in [2.45, 2.75) is 4.90 Å². The Bertz CT molecular complexity index is 595. The number of carbonyl (C=O) groups is 1. The number of carbonyl (C=O) groups excluding carboxylic acids is 1. The van der Waals surface area contributed by atoms with Crippen LogP contribution in [0.4, 0.5) is 4.79 Å². The van der Waals surface area contributed by atoms with Crippen molar-refractivity contribution in [1.82, 2.24) is 0 Å². The first-order chi connectivity index (χ1) is 7.71. The van der Waals surface area contributed by atoms with Gasteiger partial charge in [-0.2, -0.15) is 4.99 Å². The van der Waals surface area contributed by atoms with Crippen molar-refractivity contribution in [3.05, 3.63) is 18.2 Å². The van der Waals surface area contributed by atoms with Gasteiger partial charge in [0.15, 0.2) is 5.96 Å². The molecule has 0 unspecified atom stereocenters. The van der Waals surface area contributed by atoms with Crippen LogP contribution in [0.1, 0.15) is 0 Å². The predicted molar refractivity (Wildman–Crippen MR) is 69.5 cm³/mol. The van der Waals surface area contributed by atoms with Crippen LogP contribution in [-0.4, -0.2) is 20.4 Å². The fourth-order valence-electron chi connectivity index (χ4n) is 1.12. The lowest BCUT2D eigenvalue weighted by atomic mass is 9.94. The molecule has 0 saturated carbocycles. The number of aliphatic imine (C=N–C) groups is 1. The van der Waals surface area contributed by atoms with Gasteiger partial charge < -0.3 is 17.2 Å². The number of urea groups is 1.